The molecule has 1 aromatic carbocycles. The monoisotopic (exact) mass is 275 g/mol. The topological polar surface area (TPSA) is 37.0 Å². The number of fused-ring (bicyclic) bond motifs is 1. The van der Waals surface area contributed by atoms with Gasteiger partial charge in [-0.15, -0.1) is 0 Å². The number of rotatable bonds is 3. The molecule has 0 spiro atoms. The van der Waals surface area contributed by atoms with E-state index in [0.29, 0.717) is 6.04 Å². The molecule has 2 N–H and O–H groups in total. The second kappa shape index (κ2) is 5.76. The van der Waals surface area contributed by atoms with Crippen LogP contribution in [0.25, 0.3) is 10.9 Å². The lowest BCUT2D eigenvalue weighted by atomic mass is 10.0. The highest BCUT2D eigenvalue weighted by atomic mass is 35.5. The highest BCUT2D eigenvalue weighted by molar-refractivity contribution is 6.31. The van der Waals surface area contributed by atoms with E-state index in [0.717, 1.165) is 34.7 Å². The number of aromatic nitrogens is 1. The van der Waals surface area contributed by atoms with Gasteiger partial charge in [-0.3, -0.25) is 4.98 Å². The molecule has 0 radical (unpaired) electrons. The van der Waals surface area contributed by atoms with Crippen molar-refractivity contribution in [3.8, 4) is 0 Å². The Morgan fingerprint density at radius 1 is 1.32 bits per heavy atom. The number of benzene rings is 1. The molecule has 0 aliphatic carbocycles. The van der Waals surface area contributed by atoms with Gasteiger partial charge >= 0.3 is 0 Å². The third kappa shape index (κ3) is 2.99. The minimum Gasteiger partial charge on any atom is -0.383 e. The summed E-state index contributed by atoms with van der Waals surface area (Å²) in [5.74, 6) is 0. The zero-order chi connectivity index (χ0) is 13.1. The molecular weight excluding hydrogens is 258 g/mol. The summed E-state index contributed by atoms with van der Waals surface area (Å²) in [6, 6.07) is 8.45. The van der Waals surface area contributed by atoms with Crippen molar-refractivity contribution >= 4 is 28.2 Å². The van der Waals surface area contributed by atoms with Crippen LogP contribution in [-0.4, -0.2) is 24.1 Å². The summed E-state index contributed by atoms with van der Waals surface area (Å²) in [6.45, 7) is 2.10. The van der Waals surface area contributed by atoms with Gasteiger partial charge in [0.15, 0.2) is 0 Å². The average molecular weight is 276 g/mol. The van der Waals surface area contributed by atoms with E-state index >= 15 is 0 Å². The van der Waals surface area contributed by atoms with E-state index in [-0.39, 0.29) is 0 Å². The fourth-order valence-corrected chi connectivity index (χ4v) is 2.77. The normalized spacial score (nSPS) is 19.5. The van der Waals surface area contributed by atoms with Crippen molar-refractivity contribution in [3.05, 3.63) is 35.5 Å². The van der Waals surface area contributed by atoms with Crippen LogP contribution in [0.15, 0.2) is 30.5 Å². The minimum absolute atomic E-state index is 0.573. The molecule has 3 rings (SSSR count). The Morgan fingerprint density at radius 3 is 3.11 bits per heavy atom. The van der Waals surface area contributed by atoms with Crippen molar-refractivity contribution in [1.82, 2.24) is 10.3 Å². The molecule has 1 unspecified atom stereocenters. The first-order valence-electron chi connectivity index (χ1n) is 6.84. The van der Waals surface area contributed by atoms with Crippen LogP contribution in [-0.2, 0) is 0 Å². The number of halogens is 1. The van der Waals surface area contributed by atoms with Crippen LogP contribution in [0, 0.1) is 0 Å². The van der Waals surface area contributed by atoms with E-state index in [1.807, 2.05) is 30.5 Å². The van der Waals surface area contributed by atoms with Gasteiger partial charge in [0, 0.05) is 34.9 Å². The van der Waals surface area contributed by atoms with Crippen molar-refractivity contribution in [2.24, 2.45) is 0 Å². The summed E-state index contributed by atoms with van der Waals surface area (Å²) in [5, 5.41) is 8.93. The summed E-state index contributed by atoms with van der Waals surface area (Å²) >= 11 is 6.00. The molecule has 4 heteroatoms. The van der Waals surface area contributed by atoms with Crippen molar-refractivity contribution in [2.75, 3.05) is 18.4 Å². The fourth-order valence-electron chi connectivity index (χ4n) is 2.61. The second-order valence-corrected chi connectivity index (χ2v) is 5.48. The van der Waals surface area contributed by atoms with E-state index in [1.165, 1.54) is 19.3 Å². The van der Waals surface area contributed by atoms with Gasteiger partial charge in [0.05, 0.1) is 5.52 Å². The minimum atomic E-state index is 0.573. The van der Waals surface area contributed by atoms with Crippen LogP contribution in [0.3, 0.4) is 0 Å². The lowest BCUT2D eigenvalue weighted by molar-refractivity contribution is 0.414. The van der Waals surface area contributed by atoms with Gasteiger partial charge in [0.25, 0.3) is 0 Å². The molecule has 0 amide bonds. The Balaban J connectivity index is 1.76. The van der Waals surface area contributed by atoms with Gasteiger partial charge in [0.2, 0.25) is 0 Å². The number of piperidine rings is 1. The first-order chi connectivity index (χ1) is 9.33. The molecule has 0 saturated carbocycles. The number of pyridine rings is 1. The number of anilines is 1. The quantitative estimate of drug-likeness (QED) is 0.901. The Labute approximate surface area is 118 Å². The number of hydrogen-bond acceptors (Lipinski definition) is 3. The van der Waals surface area contributed by atoms with Crippen LogP contribution in [0.5, 0.6) is 0 Å². The molecule has 1 aliphatic heterocycles. The number of nitrogens with one attached hydrogen (secondary N) is 2. The average Bonchev–Trinajstić information content (AvgIpc) is 2.45. The predicted octanol–water partition coefficient (Wildman–Crippen LogP) is 3.44. The van der Waals surface area contributed by atoms with Crippen LogP contribution in [0.4, 0.5) is 5.69 Å². The van der Waals surface area contributed by atoms with E-state index in [4.69, 9.17) is 11.6 Å². The summed E-state index contributed by atoms with van der Waals surface area (Å²) < 4.78 is 0. The van der Waals surface area contributed by atoms with Gasteiger partial charge in [-0.2, -0.15) is 0 Å². The zero-order valence-electron chi connectivity index (χ0n) is 10.8. The molecular formula is C15H18ClN3. The molecule has 2 heterocycles. The molecule has 1 fully saturated rings. The molecule has 1 aliphatic rings. The van der Waals surface area contributed by atoms with Crippen molar-refractivity contribution in [1.29, 1.82) is 0 Å². The Bertz CT molecular complexity index is 564. The van der Waals surface area contributed by atoms with Gasteiger partial charge in [-0.05, 0) is 43.7 Å². The van der Waals surface area contributed by atoms with E-state index in [9.17, 15) is 0 Å². The van der Waals surface area contributed by atoms with Gasteiger partial charge in [-0.1, -0.05) is 18.0 Å². The molecule has 0 bridgehead atoms. The smallest absolute Gasteiger partial charge is 0.0737 e. The van der Waals surface area contributed by atoms with Crippen molar-refractivity contribution in [2.45, 2.75) is 25.3 Å². The summed E-state index contributed by atoms with van der Waals surface area (Å²) in [4.78, 5) is 4.36. The summed E-state index contributed by atoms with van der Waals surface area (Å²) in [7, 11) is 0. The third-order valence-electron chi connectivity index (χ3n) is 3.66. The first-order valence-corrected chi connectivity index (χ1v) is 7.22. The van der Waals surface area contributed by atoms with E-state index in [1.54, 1.807) is 0 Å². The maximum absolute atomic E-state index is 6.00. The Hall–Kier alpha value is -1.32. The molecule has 3 nitrogen and oxygen atoms in total. The standard InChI is InChI=1S/C15H18ClN3/c16-11-4-5-13-14(6-8-18-15(13)9-11)19-10-12-3-1-2-7-17-12/h4-6,8-9,12,17H,1-3,7,10H2,(H,18,19). The van der Waals surface area contributed by atoms with E-state index < -0.39 is 0 Å². The van der Waals surface area contributed by atoms with E-state index in [2.05, 4.69) is 15.6 Å². The highest BCUT2D eigenvalue weighted by Crippen LogP contribution is 2.24. The Kier molecular flexibility index (Phi) is 3.85. The third-order valence-corrected chi connectivity index (χ3v) is 3.89. The highest BCUT2D eigenvalue weighted by Gasteiger charge is 2.12. The maximum Gasteiger partial charge on any atom is 0.0737 e. The first kappa shape index (κ1) is 12.7. The largest absolute Gasteiger partial charge is 0.383 e. The molecule has 1 aromatic heterocycles. The van der Waals surface area contributed by atoms with Crippen LogP contribution in [0.1, 0.15) is 19.3 Å². The Morgan fingerprint density at radius 2 is 2.26 bits per heavy atom. The summed E-state index contributed by atoms with van der Waals surface area (Å²) in [5.41, 5.74) is 2.07. The van der Waals surface area contributed by atoms with Crippen LogP contribution in [0.2, 0.25) is 5.02 Å². The molecule has 19 heavy (non-hydrogen) atoms. The van der Waals surface area contributed by atoms with Crippen molar-refractivity contribution < 1.29 is 0 Å². The predicted molar refractivity (Wildman–Crippen MR) is 80.9 cm³/mol. The summed E-state index contributed by atoms with van der Waals surface area (Å²) in [6.07, 6.45) is 5.70. The van der Waals surface area contributed by atoms with Crippen LogP contribution < -0.4 is 10.6 Å². The molecule has 1 saturated heterocycles. The maximum atomic E-state index is 6.00. The zero-order valence-corrected chi connectivity index (χ0v) is 11.6. The SMILES string of the molecule is Clc1ccc2c(NCC3CCCCN3)ccnc2c1. The van der Waals surface area contributed by atoms with Gasteiger partial charge in [-0.25, -0.2) is 0 Å². The number of hydrogen-bond donors (Lipinski definition) is 2. The van der Waals surface area contributed by atoms with Gasteiger partial charge < -0.3 is 10.6 Å². The fraction of sp³-hybridized carbons (Fsp3) is 0.400. The lowest BCUT2D eigenvalue weighted by Gasteiger charge is -2.24. The number of nitrogens with zero attached hydrogens (tertiary/aromatic N) is 1. The van der Waals surface area contributed by atoms with Crippen molar-refractivity contribution in [3.63, 3.8) is 0 Å². The van der Waals surface area contributed by atoms with Crippen LogP contribution >= 0.6 is 11.6 Å². The molecule has 100 valence electrons. The lowest BCUT2D eigenvalue weighted by Crippen LogP contribution is -2.39. The second-order valence-electron chi connectivity index (χ2n) is 5.05. The molecule has 1 atom stereocenters. The molecule has 2 aromatic rings. The van der Waals surface area contributed by atoms with Gasteiger partial charge in [0.1, 0.15) is 0 Å².